The van der Waals surface area contributed by atoms with Gasteiger partial charge in [-0.25, -0.2) is 0 Å². The van der Waals surface area contributed by atoms with Crippen molar-refractivity contribution in [1.29, 1.82) is 10.5 Å². The first kappa shape index (κ1) is 41.3. The maximum absolute atomic E-state index is 9.93. The van der Waals surface area contributed by atoms with E-state index < -0.39 is 0 Å². The molecule has 0 saturated heterocycles. The highest BCUT2D eigenvalue weighted by molar-refractivity contribution is 6.45. The van der Waals surface area contributed by atoms with Gasteiger partial charge in [0.2, 0.25) is 0 Å². The van der Waals surface area contributed by atoms with E-state index in [4.69, 9.17) is 0 Å². The summed E-state index contributed by atoms with van der Waals surface area (Å²) in [4.78, 5) is 0. The van der Waals surface area contributed by atoms with Crippen LogP contribution < -0.4 is 0 Å². The lowest BCUT2D eigenvalue weighted by atomic mass is 9.76. The van der Waals surface area contributed by atoms with Crippen molar-refractivity contribution in [2.24, 2.45) is 0 Å². The number of nitrogens with zero attached hydrogens (tertiary/aromatic N) is 2. The van der Waals surface area contributed by atoms with Crippen molar-refractivity contribution in [3.8, 4) is 34.4 Å². The number of nitriles is 2. The summed E-state index contributed by atoms with van der Waals surface area (Å²) in [7, 11) is 0. The highest BCUT2D eigenvalue weighted by Gasteiger charge is 2.30. The molecule has 0 aliphatic carbocycles. The number of rotatable bonds is 3. The average molecular weight is 829 g/mol. The number of allylic oxidation sites excluding steroid dienone is 1. The zero-order valence-electron chi connectivity index (χ0n) is 39.4. The molecule has 0 radical (unpaired) electrons. The summed E-state index contributed by atoms with van der Waals surface area (Å²) in [6, 6.07) is 48.4. The van der Waals surface area contributed by atoms with Gasteiger partial charge in [-0.15, -0.1) is 0 Å². The topological polar surface area (TPSA) is 47.6 Å². The first-order valence-corrected chi connectivity index (χ1v) is 22.8. The summed E-state index contributed by atoms with van der Waals surface area (Å²) in [5.74, 6) is 0. The Kier molecular flexibility index (Phi) is 8.95. The molecule has 0 heterocycles. The third-order valence-corrected chi connectivity index (χ3v) is 14.0. The van der Waals surface area contributed by atoms with Gasteiger partial charge in [0.05, 0.1) is 0 Å². The van der Waals surface area contributed by atoms with Crippen LogP contribution in [-0.2, 0) is 21.7 Å². The molecule has 0 atom stereocenters. The molecule has 10 rings (SSSR count). The van der Waals surface area contributed by atoms with Crippen LogP contribution in [0.25, 0.3) is 104 Å². The maximum Gasteiger partial charge on any atom is 0.130 e. The monoisotopic (exact) mass is 828 g/mol. The Bertz CT molecular complexity index is 3620. The molecule has 0 N–H and O–H groups in total. The minimum Gasteiger partial charge on any atom is -0.192 e. The molecule has 64 heavy (non-hydrogen) atoms. The quantitative estimate of drug-likeness (QED) is 0.132. The van der Waals surface area contributed by atoms with Gasteiger partial charge < -0.3 is 0 Å². The molecule has 2 heteroatoms. The van der Waals surface area contributed by atoms with Crippen LogP contribution >= 0.6 is 0 Å². The van der Waals surface area contributed by atoms with Crippen LogP contribution in [0.15, 0.2) is 121 Å². The average Bonchev–Trinajstić information content (AvgIpc) is 3.75. The van der Waals surface area contributed by atoms with Crippen LogP contribution in [0, 0.1) is 22.7 Å². The zero-order chi connectivity index (χ0) is 45.4. The normalized spacial score (nSPS) is 13.0. The van der Waals surface area contributed by atoms with Gasteiger partial charge in [-0.3, -0.25) is 0 Å². The third-order valence-electron chi connectivity index (χ3n) is 14.0. The lowest BCUT2D eigenvalue weighted by molar-refractivity contribution is 0.568. The van der Waals surface area contributed by atoms with Crippen molar-refractivity contribution in [3.63, 3.8) is 0 Å². The van der Waals surface area contributed by atoms with E-state index in [-0.39, 0.29) is 27.2 Å². The van der Waals surface area contributed by atoms with Crippen molar-refractivity contribution in [2.45, 2.75) is 105 Å². The lowest BCUT2D eigenvalue weighted by Crippen LogP contribution is -2.16. The third kappa shape index (κ3) is 6.26. The van der Waals surface area contributed by atoms with Gasteiger partial charge in [-0.1, -0.05) is 192 Å². The second-order valence-electron chi connectivity index (χ2n) is 22.4. The van der Waals surface area contributed by atoms with Gasteiger partial charge in [-0.2, -0.15) is 10.5 Å². The fourth-order valence-electron chi connectivity index (χ4n) is 10.5. The van der Waals surface area contributed by atoms with Crippen LogP contribution in [-0.4, -0.2) is 0 Å². The molecular weight excluding hydrogens is 773 g/mol. The zero-order valence-corrected chi connectivity index (χ0v) is 39.4. The van der Waals surface area contributed by atoms with Crippen LogP contribution in [0.4, 0.5) is 0 Å². The molecule has 0 amide bonds. The Morgan fingerprint density at radius 1 is 0.359 bits per heavy atom. The molecular formula is C62H56N2. The predicted molar refractivity (Wildman–Crippen MR) is 276 cm³/mol. The molecule has 0 aliphatic heterocycles. The first-order valence-electron chi connectivity index (χ1n) is 22.8. The second kappa shape index (κ2) is 13.9. The second-order valence-corrected chi connectivity index (χ2v) is 22.4. The van der Waals surface area contributed by atoms with Crippen molar-refractivity contribution in [1.82, 2.24) is 0 Å². The number of fused-ring (bicyclic) bond motifs is 8. The van der Waals surface area contributed by atoms with Gasteiger partial charge in [0.15, 0.2) is 0 Å². The summed E-state index contributed by atoms with van der Waals surface area (Å²) in [6.07, 6.45) is 1.75. The minimum atomic E-state index is -0.0952. The van der Waals surface area contributed by atoms with E-state index in [2.05, 4.69) is 210 Å². The van der Waals surface area contributed by atoms with Crippen LogP contribution in [0.2, 0.25) is 0 Å². The Balaban J connectivity index is 1.57. The fourth-order valence-corrected chi connectivity index (χ4v) is 10.5. The van der Waals surface area contributed by atoms with E-state index in [1.807, 2.05) is 0 Å². The van der Waals surface area contributed by atoms with Gasteiger partial charge in [0.1, 0.15) is 17.7 Å². The maximum atomic E-state index is 9.93. The van der Waals surface area contributed by atoms with Crippen LogP contribution in [0.5, 0.6) is 0 Å². The Morgan fingerprint density at radius 2 is 0.766 bits per heavy atom. The van der Waals surface area contributed by atoms with E-state index in [0.717, 1.165) is 16.3 Å². The van der Waals surface area contributed by atoms with Gasteiger partial charge >= 0.3 is 0 Å². The number of hydrogen-bond acceptors (Lipinski definition) is 2. The summed E-state index contributed by atoms with van der Waals surface area (Å²) in [5, 5.41) is 37.1. The van der Waals surface area contributed by atoms with Gasteiger partial charge in [-0.05, 0) is 159 Å². The molecule has 314 valence electrons. The van der Waals surface area contributed by atoms with Gasteiger partial charge in [0, 0.05) is 0 Å². The molecule has 10 aromatic carbocycles. The van der Waals surface area contributed by atoms with Crippen molar-refractivity contribution in [2.75, 3.05) is 0 Å². The van der Waals surface area contributed by atoms with E-state index in [9.17, 15) is 10.5 Å². The summed E-state index contributed by atoms with van der Waals surface area (Å²) in [5.41, 5.74) is 10.8. The lowest BCUT2D eigenvalue weighted by Gasteiger charge is -2.28. The van der Waals surface area contributed by atoms with E-state index in [0.29, 0.717) is 0 Å². The highest BCUT2D eigenvalue weighted by atomic mass is 14.3. The van der Waals surface area contributed by atoms with E-state index in [1.165, 1.54) is 109 Å². The summed E-state index contributed by atoms with van der Waals surface area (Å²) in [6.45, 7) is 27.9. The largest absolute Gasteiger partial charge is 0.192 e. The summed E-state index contributed by atoms with van der Waals surface area (Å²) >= 11 is 0. The highest BCUT2D eigenvalue weighted by Crippen LogP contribution is 2.56. The molecule has 0 unspecified atom stereocenters. The molecule has 0 bridgehead atoms. The Morgan fingerprint density at radius 3 is 1.28 bits per heavy atom. The van der Waals surface area contributed by atoms with E-state index in [1.54, 1.807) is 6.08 Å². The Hall–Kier alpha value is -6.74. The number of benzene rings is 8. The van der Waals surface area contributed by atoms with E-state index >= 15 is 0 Å². The minimum absolute atomic E-state index is 0.0929. The van der Waals surface area contributed by atoms with Crippen LogP contribution in [0.1, 0.15) is 111 Å². The molecule has 0 saturated carbocycles. The van der Waals surface area contributed by atoms with Crippen LogP contribution in [0.3, 0.4) is 0 Å². The van der Waals surface area contributed by atoms with Crippen molar-refractivity contribution in [3.05, 3.63) is 149 Å². The molecule has 2 nitrogen and oxygen atoms in total. The smallest absolute Gasteiger partial charge is 0.130 e. The fraction of sp³-hybridized carbons (Fsp3) is 0.258. The first-order chi connectivity index (χ1) is 30.2. The summed E-state index contributed by atoms with van der Waals surface area (Å²) < 4.78 is 0. The SMILES string of the molecule is CC(C)(C)c1cc(-c2c3cc4c5ccccc5c5cccc(c3c(-c3cc(C(C)(C)C)cc(C(C)(C)C)c3)c3c6ccc(C=C(C#N)C#N)c7cccc(c23)c76)c54)cc(C(C)(C)C)c1. The molecule has 0 aliphatic rings. The van der Waals surface area contributed by atoms with Crippen molar-refractivity contribution >= 4 is 81.5 Å². The Labute approximate surface area is 378 Å². The van der Waals surface area contributed by atoms with Crippen molar-refractivity contribution < 1.29 is 0 Å². The molecule has 10 aromatic rings. The van der Waals surface area contributed by atoms with Gasteiger partial charge in [0.25, 0.3) is 0 Å². The molecule has 0 spiro atoms. The molecule has 0 fully saturated rings. The standard InChI is InChI=1S/C62H56N2/c1-59(2,3)39-26-37(27-40(30-39)60(4,5)6)52-51-32-50-45-18-14-13-17-44(45)46-20-16-21-47(55(46)50)56(51)53(38-28-41(61(7,8)9)31-42(29-38)62(10,11)12)58-49-24-23-36(25-35(33-63)34-64)43-19-15-22-48(54(43)49)57(52)58/h13-32H,1-12H3. The predicted octanol–water partition coefficient (Wildman–Crippen LogP) is 17.6. The number of hydrogen-bond donors (Lipinski definition) is 0. The molecule has 0 aromatic heterocycles.